The molecule has 0 radical (unpaired) electrons. The minimum atomic E-state index is -2.44. The summed E-state index contributed by atoms with van der Waals surface area (Å²) in [6.07, 6.45) is 4.39. The van der Waals surface area contributed by atoms with Gasteiger partial charge < -0.3 is 10.4 Å². The quantitative estimate of drug-likeness (QED) is 0.800. The van der Waals surface area contributed by atoms with Crippen LogP contribution in [0, 0.1) is 11.8 Å². The monoisotopic (exact) mass is 247 g/mol. The molecule has 0 aromatic heterocycles. The van der Waals surface area contributed by atoms with Gasteiger partial charge in [-0.1, -0.05) is 0 Å². The third kappa shape index (κ3) is 4.18. The second-order valence-corrected chi connectivity index (χ2v) is 5.81. The first-order valence-electron chi connectivity index (χ1n) is 6.82. The van der Waals surface area contributed by atoms with Crippen molar-refractivity contribution in [1.82, 2.24) is 5.32 Å². The molecule has 2 aliphatic carbocycles. The summed E-state index contributed by atoms with van der Waals surface area (Å²) in [6.45, 7) is 1.58. The van der Waals surface area contributed by atoms with E-state index >= 15 is 0 Å². The van der Waals surface area contributed by atoms with Crippen LogP contribution < -0.4 is 5.32 Å². The molecule has 17 heavy (non-hydrogen) atoms. The summed E-state index contributed by atoms with van der Waals surface area (Å²) in [4.78, 5) is 0. The van der Waals surface area contributed by atoms with Gasteiger partial charge in [-0.05, 0) is 57.0 Å². The lowest BCUT2D eigenvalue weighted by atomic mass is 9.86. The summed E-state index contributed by atoms with van der Waals surface area (Å²) in [5.41, 5.74) is 0. The van der Waals surface area contributed by atoms with Gasteiger partial charge in [0.1, 0.15) is 0 Å². The minimum Gasteiger partial charge on any atom is -0.393 e. The zero-order valence-electron chi connectivity index (χ0n) is 10.3. The molecule has 100 valence electrons. The van der Waals surface area contributed by atoms with Crippen LogP contribution in [0.2, 0.25) is 0 Å². The van der Waals surface area contributed by atoms with Crippen molar-refractivity contribution >= 4 is 0 Å². The minimum absolute atomic E-state index is 0.0489. The lowest BCUT2D eigenvalue weighted by Crippen LogP contribution is -2.34. The summed E-state index contributed by atoms with van der Waals surface area (Å²) in [6, 6.07) is 0. The number of hydrogen-bond donors (Lipinski definition) is 2. The topological polar surface area (TPSA) is 32.3 Å². The molecule has 2 nitrogen and oxygen atoms in total. The number of nitrogens with one attached hydrogen (secondary N) is 1. The molecule has 0 spiro atoms. The Bertz CT molecular complexity index is 248. The van der Waals surface area contributed by atoms with E-state index < -0.39 is 5.92 Å². The van der Waals surface area contributed by atoms with Crippen molar-refractivity contribution in [2.75, 3.05) is 13.1 Å². The fourth-order valence-corrected chi connectivity index (χ4v) is 3.18. The maximum absolute atomic E-state index is 13.2. The van der Waals surface area contributed by atoms with Crippen molar-refractivity contribution in [2.45, 2.75) is 57.0 Å². The third-order valence-electron chi connectivity index (χ3n) is 4.12. The second-order valence-electron chi connectivity index (χ2n) is 5.81. The summed E-state index contributed by atoms with van der Waals surface area (Å²) >= 11 is 0. The first-order valence-corrected chi connectivity index (χ1v) is 6.82. The molecule has 0 aromatic carbocycles. The maximum atomic E-state index is 13.2. The van der Waals surface area contributed by atoms with Crippen molar-refractivity contribution in [3.05, 3.63) is 0 Å². The lowest BCUT2D eigenvalue weighted by molar-refractivity contribution is -0.0520. The van der Waals surface area contributed by atoms with Gasteiger partial charge in [0.25, 0.3) is 0 Å². The molecule has 2 saturated carbocycles. The molecule has 0 aromatic rings. The molecule has 3 unspecified atom stereocenters. The number of rotatable bonds is 4. The van der Waals surface area contributed by atoms with Crippen LogP contribution in [0.1, 0.15) is 44.9 Å². The molecule has 2 fully saturated rings. The number of aliphatic hydroxyl groups excluding tert-OH is 1. The molecule has 0 aliphatic heterocycles. The zero-order valence-corrected chi connectivity index (χ0v) is 10.3. The molecule has 4 heteroatoms. The van der Waals surface area contributed by atoms with Crippen LogP contribution in [-0.2, 0) is 0 Å². The summed E-state index contributed by atoms with van der Waals surface area (Å²) in [5.74, 6) is -1.77. The predicted molar refractivity (Wildman–Crippen MR) is 63.1 cm³/mol. The third-order valence-corrected chi connectivity index (χ3v) is 4.12. The highest BCUT2D eigenvalue weighted by atomic mass is 19.3. The molecule has 2 rings (SSSR count). The average Bonchev–Trinajstić information content (AvgIpc) is 2.63. The fraction of sp³-hybridized carbons (Fsp3) is 1.00. The Morgan fingerprint density at radius 1 is 1.12 bits per heavy atom. The zero-order chi connectivity index (χ0) is 12.3. The highest BCUT2D eigenvalue weighted by molar-refractivity contribution is 4.81. The molecular formula is C13H23F2NO. The van der Waals surface area contributed by atoms with Crippen LogP contribution in [0.15, 0.2) is 0 Å². The van der Waals surface area contributed by atoms with E-state index in [1.54, 1.807) is 0 Å². The van der Waals surface area contributed by atoms with Crippen molar-refractivity contribution in [3.8, 4) is 0 Å². The first kappa shape index (κ1) is 13.2. The number of hydrogen-bond acceptors (Lipinski definition) is 2. The summed E-state index contributed by atoms with van der Waals surface area (Å²) in [5, 5.41) is 12.7. The van der Waals surface area contributed by atoms with Gasteiger partial charge >= 0.3 is 0 Å². The van der Waals surface area contributed by atoms with E-state index in [-0.39, 0.29) is 24.9 Å². The Labute approximate surface area is 102 Å². The van der Waals surface area contributed by atoms with E-state index in [1.807, 2.05) is 0 Å². The smallest absolute Gasteiger partial charge is 0.248 e. The normalized spacial score (nSPS) is 37.2. The van der Waals surface area contributed by atoms with Gasteiger partial charge in [-0.25, -0.2) is 8.78 Å². The van der Waals surface area contributed by atoms with Gasteiger partial charge in [-0.2, -0.15) is 0 Å². The van der Waals surface area contributed by atoms with E-state index in [0.29, 0.717) is 18.9 Å². The van der Waals surface area contributed by atoms with Crippen LogP contribution in [0.25, 0.3) is 0 Å². The van der Waals surface area contributed by atoms with Crippen molar-refractivity contribution < 1.29 is 13.9 Å². The van der Waals surface area contributed by atoms with Crippen molar-refractivity contribution in [1.29, 1.82) is 0 Å². The van der Waals surface area contributed by atoms with Crippen molar-refractivity contribution in [2.24, 2.45) is 11.8 Å². The van der Waals surface area contributed by atoms with E-state index in [2.05, 4.69) is 5.32 Å². The Hall–Kier alpha value is -0.220. The van der Waals surface area contributed by atoms with Gasteiger partial charge in [-0.3, -0.25) is 0 Å². The van der Waals surface area contributed by atoms with E-state index in [1.165, 1.54) is 0 Å². The van der Waals surface area contributed by atoms with Gasteiger partial charge in [0.2, 0.25) is 5.92 Å². The largest absolute Gasteiger partial charge is 0.393 e. The van der Waals surface area contributed by atoms with E-state index in [4.69, 9.17) is 0 Å². The standard InChI is InChI=1S/C13H23F2NO/c14-13(15)5-1-2-11(7-13)9-16-8-10-3-4-12(17)6-10/h10-12,16-17H,1-9H2. The lowest BCUT2D eigenvalue weighted by Gasteiger charge is -2.29. The van der Waals surface area contributed by atoms with Gasteiger partial charge in [0.15, 0.2) is 0 Å². The Morgan fingerprint density at radius 3 is 2.53 bits per heavy atom. The van der Waals surface area contributed by atoms with Crippen LogP contribution in [0.4, 0.5) is 8.78 Å². The molecular weight excluding hydrogens is 224 g/mol. The first-order chi connectivity index (χ1) is 8.05. The van der Waals surface area contributed by atoms with Gasteiger partial charge in [0.05, 0.1) is 6.10 Å². The number of halogens is 2. The highest BCUT2D eigenvalue weighted by Crippen LogP contribution is 2.36. The maximum Gasteiger partial charge on any atom is 0.248 e. The van der Waals surface area contributed by atoms with E-state index in [9.17, 15) is 13.9 Å². The predicted octanol–water partition coefficient (Wildman–Crippen LogP) is 2.56. The molecule has 3 atom stereocenters. The van der Waals surface area contributed by atoms with Crippen LogP contribution in [0.5, 0.6) is 0 Å². The Morgan fingerprint density at radius 2 is 1.88 bits per heavy atom. The summed E-state index contributed by atoms with van der Waals surface area (Å²) in [7, 11) is 0. The van der Waals surface area contributed by atoms with Crippen molar-refractivity contribution in [3.63, 3.8) is 0 Å². The van der Waals surface area contributed by atoms with Crippen LogP contribution in [-0.4, -0.2) is 30.2 Å². The average molecular weight is 247 g/mol. The molecule has 0 heterocycles. The fourth-order valence-electron chi connectivity index (χ4n) is 3.18. The highest BCUT2D eigenvalue weighted by Gasteiger charge is 2.35. The Kier molecular flexibility index (Phi) is 4.36. The molecule has 2 aliphatic rings. The molecule has 0 saturated heterocycles. The molecule has 0 bridgehead atoms. The van der Waals surface area contributed by atoms with Gasteiger partial charge in [0, 0.05) is 12.8 Å². The number of aliphatic hydroxyl groups is 1. The van der Waals surface area contributed by atoms with Crippen LogP contribution >= 0.6 is 0 Å². The molecule has 0 amide bonds. The Balaban J connectivity index is 1.62. The summed E-state index contributed by atoms with van der Waals surface area (Å²) < 4.78 is 26.3. The van der Waals surface area contributed by atoms with Gasteiger partial charge in [-0.15, -0.1) is 0 Å². The molecule has 2 N–H and O–H groups in total. The SMILES string of the molecule is OC1CCC(CNCC2CCCC(F)(F)C2)C1. The van der Waals surface area contributed by atoms with E-state index in [0.717, 1.165) is 32.2 Å². The number of alkyl halides is 2. The second kappa shape index (κ2) is 5.61. The van der Waals surface area contributed by atoms with Crippen LogP contribution in [0.3, 0.4) is 0 Å².